The van der Waals surface area contributed by atoms with Crippen LogP contribution < -0.4 is 10.5 Å². The smallest absolute Gasteiger partial charge is 0.341 e. The van der Waals surface area contributed by atoms with Gasteiger partial charge >= 0.3 is 5.97 Å². The molecule has 0 bridgehead atoms. The number of carbonyl (C=O) groups excluding carboxylic acids is 1. The van der Waals surface area contributed by atoms with Gasteiger partial charge in [-0.25, -0.2) is 4.79 Å². The molecule has 0 aliphatic rings. The lowest BCUT2D eigenvalue weighted by atomic mass is 10.1. The summed E-state index contributed by atoms with van der Waals surface area (Å²) >= 11 is 3.28. The fraction of sp³-hybridized carbons (Fsp3) is 0.364. The highest BCUT2D eigenvalue weighted by Gasteiger charge is 2.19. The van der Waals surface area contributed by atoms with E-state index in [-0.39, 0.29) is 6.10 Å². The van der Waals surface area contributed by atoms with Crippen LogP contribution in [0.5, 0.6) is 5.75 Å². The fourth-order valence-electron chi connectivity index (χ4n) is 1.21. The van der Waals surface area contributed by atoms with Crippen molar-refractivity contribution in [1.29, 1.82) is 0 Å². The molecule has 0 fully saturated rings. The molecule has 0 atom stereocenters. The van der Waals surface area contributed by atoms with Crippen LogP contribution in [0, 0.1) is 0 Å². The van der Waals surface area contributed by atoms with Gasteiger partial charge in [0.2, 0.25) is 0 Å². The van der Waals surface area contributed by atoms with Gasteiger partial charge < -0.3 is 15.2 Å². The molecular weight excluding hydrogens is 274 g/mol. The topological polar surface area (TPSA) is 61.5 Å². The fourth-order valence-corrected chi connectivity index (χ4v) is 1.89. The summed E-state index contributed by atoms with van der Waals surface area (Å²) in [6.45, 7) is 3.56. The van der Waals surface area contributed by atoms with E-state index in [1.165, 1.54) is 7.11 Å². The van der Waals surface area contributed by atoms with Crippen LogP contribution in [0.3, 0.4) is 0 Å². The number of rotatable bonds is 3. The molecule has 2 N–H and O–H groups in total. The number of carbonyl (C=O) groups is 1. The van der Waals surface area contributed by atoms with Gasteiger partial charge in [-0.2, -0.15) is 0 Å². The molecule has 0 aromatic heterocycles. The highest BCUT2D eigenvalue weighted by molar-refractivity contribution is 9.10. The summed E-state index contributed by atoms with van der Waals surface area (Å²) in [4.78, 5) is 11.8. The summed E-state index contributed by atoms with van der Waals surface area (Å²) in [5.41, 5.74) is 6.39. The number of halogens is 1. The van der Waals surface area contributed by atoms with Crippen molar-refractivity contribution in [1.82, 2.24) is 0 Å². The zero-order chi connectivity index (χ0) is 12.3. The lowest BCUT2D eigenvalue weighted by Crippen LogP contribution is -2.14. The van der Waals surface area contributed by atoms with Crippen LogP contribution >= 0.6 is 15.9 Å². The molecule has 5 heteroatoms. The lowest BCUT2D eigenvalue weighted by molar-refractivity contribution is 0.0377. The van der Waals surface area contributed by atoms with Gasteiger partial charge in [0.25, 0.3) is 0 Å². The van der Waals surface area contributed by atoms with Crippen LogP contribution in [0.2, 0.25) is 0 Å². The number of anilines is 1. The Hall–Kier alpha value is -1.23. The summed E-state index contributed by atoms with van der Waals surface area (Å²) < 4.78 is 10.7. The molecule has 1 aromatic carbocycles. The second kappa shape index (κ2) is 5.21. The van der Waals surface area contributed by atoms with Crippen molar-refractivity contribution in [3.8, 4) is 5.75 Å². The first-order valence-corrected chi connectivity index (χ1v) is 5.59. The molecule has 0 radical (unpaired) electrons. The van der Waals surface area contributed by atoms with Gasteiger partial charge in [0, 0.05) is 5.69 Å². The maximum atomic E-state index is 11.8. The molecule has 1 aromatic rings. The summed E-state index contributed by atoms with van der Waals surface area (Å²) in [6, 6.07) is 3.30. The highest BCUT2D eigenvalue weighted by atomic mass is 79.9. The van der Waals surface area contributed by atoms with E-state index in [4.69, 9.17) is 15.2 Å². The van der Waals surface area contributed by atoms with E-state index in [9.17, 15) is 4.79 Å². The Bertz CT molecular complexity index is 404. The molecule has 0 spiro atoms. The van der Waals surface area contributed by atoms with Gasteiger partial charge in [-0.3, -0.25) is 0 Å². The predicted octanol–water partition coefficient (Wildman–Crippen LogP) is 2.61. The summed E-state index contributed by atoms with van der Waals surface area (Å²) in [6.07, 6.45) is -0.190. The van der Waals surface area contributed by atoms with E-state index >= 15 is 0 Å². The molecule has 0 saturated heterocycles. The van der Waals surface area contributed by atoms with E-state index in [0.29, 0.717) is 21.5 Å². The van der Waals surface area contributed by atoms with E-state index in [0.717, 1.165) is 0 Å². The lowest BCUT2D eigenvalue weighted by Gasteiger charge is -2.13. The highest BCUT2D eigenvalue weighted by Crippen LogP contribution is 2.33. The zero-order valence-electron chi connectivity index (χ0n) is 9.41. The number of nitrogens with two attached hydrogens (primary N) is 1. The van der Waals surface area contributed by atoms with E-state index in [2.05, 4.69) is 15.9 Å². The zero-order valence-corrected chi connectivity index (χ0v) is 11.0. The van der Waals surface area contributed by atoms with Crippen molar-refractivity contribution >= 4 is 27.6 Å². The Morgan fingerprint density at radius 2 is 2.06 bits per heavy atom. The minimum atomic E-state index is -0.460. The van der Waals surface area contributed by atoms with Crippen molar-refractivity contribution in [2.45, 2.75) is 20.0 Å². The molecular formula is C11H14BrNO3. The average molecular weight is 288 g/mol. The van der Waals surface area contributed by atoms with Crippen LogP contribution in [0.4, 0.5) is 5.69 Å². The molecule has 0 saturated carbocycles. The maximum Gasteiger partial charge on any atom is 0.341 e. The van der Waals surface area contributed by atoms with Crippen molar-refractivity contribution in [3.63, 3.8) is 0 Å². The van der Waals surface area contributed by atoms with E-state index < -0.39 is 5.97 Å². The molecule has 0 aliphatic carbocycles. The van der Waals surface area contributed by atoms with Gasteiger partial charge in [0.15, 0.2) is 0 Å². The van der Waals surface area contributed by atoms with Crippen molar-refractivity contribution in [3.05, 3.63) is 22.2 Å². The summed E-state index contributed by atoms with van der Waals surface area (Å²) in [5, 5.41) is 0. The number of methoxy groups -OCH3 is 1. The molecule has 4 nitrogen and oxygen atoms in total. The average Bonchev–Trinajstić information content (AvgIpc) is 2.16. The Labute approximate surface area is 103 Å². The van der Waals surface area contributed by atoms with Crippen molar-refractivity contribution < 1.29 is 14.3 Å². The van der Waals surface area contributed by atoms with Gasteiger partial charge in [0.05, 0.1) is 17.7 Å². The third-order valence-electron chi connectivity index (χ3n) is 1.91. The Morgan fingerprint density at radius 3 is 2.56 bits per heavy atom. The molecule has 0 amide bonds. The summed E-state index contributed by atoms with van der Waals surface area (Å²) in [7, 11) is 1.52. The van der Waals surface area contributed by atoms with Crippen LogP contribution in [0.15, 0.2) is 16.6 Å². The van der Waals surface area contributed by atoms with Crippen LogP contribution in [0.25, 0.3) is 0 Å². The molecule has 16 heavy (non-hydrogen) atoms. The molecule has 0 heterocycles. The van der Waals surface area contributed by atoms with Gasteiger partial charge in [-0.05, 0) is 41.9 Å². The normalized spacial score (nSPS) is 10.3. The first-order chi connectivity index (χ1) is 7.47. The number of esters is 1. The van der Waals surface area contributed by atoms with Gasteiger partial charge in [-0.15, -0.1) is 0 Å². The molecule has 88 valence electrons. The van der Waals surface area contributed by atoms with Crippen molar-refractivity contribution in [2.75, 3.05) is 12.8 Å². The number of benzene rings is 1. The van der Waals surface area contributed by atoms with Gasteiger partial charge in [0.1, 0.15) is 11.3 Å². The predicted molar refractivity (Wildman–Crippen MR) is 65.7 cm³/mol. The number of ether oxygens (including phenoxy) is 2. The maximum absolute atomic E-state index is 11.8. The largest absolute Gasteiger partial charge is 0.496 e. The first-order valence-electron chi connectivity index (χ1n) is 4.80. The molecule has 0 unspecified atom stereocenters. The number of hydrogen-bond donors (Lipinski definition) is 1. The van der Waals surface area contributed by atoms with Crippen LogP contribution in [-0.2, 0) is 4.74 Å². The quantitative estimate of drug-likeness (QED) is 0.686. The Kier molecular flexibility index (Phi) is 4.18. The Morgan fingerprint density at radius 1 is 1.44 bits per heavy atom. The standard InChI is InChI=1S/C11H14BrNO3/c1-6(2)16-11(14)9-7(13)4-5-8(15-3)10(9)12/h4-6H,13H2,1-3H3. The molecule has 0 aliphatic heterocycles. The van der Waals surface area contributed by atoms with Crippen LogP contribution in [-0.4, -0.2) is 19.2 Å². The monoisotopic (exact) mass is 287 g/mol. The summed E-state index contributed by atoms with van der Waals surface area (Å²) in [5.74, 6) is 0.0863. The number of nitrogen functional groups attached to an aromatic ring is 1. The third-order valence-corrected chi connectivity index (χ3v) is 2.69. The third kappa shape index (κ3) is 2.66. The second-order valence-corrected chi connectivity index (χ2v) is 4.29. The second-order valence-electron chi connectivity index (χ2n) is 3.50. The van der Waals surface area contributed by atoms with E-state index in [1.54, 1.807) is 26.0 Å². The van der Waals surface area contributed by atoms with E-state index in [1.807, 2.05) is 0 Å². The minimum Gasteiger partial charge on any atom is -0.496 e. The van der Waals surface area contributed by atoms with Crippen LogP contribution in [0.1, 0.15) is 24.2 Å². The SMILES string of the molecule is COc1ccc(N)c(C(=O)OC(C)C)c1Br. The molecule has 1 rings (SSSR count). The van der Waals surface area contributed by atoms with Gasteiger partial charge in [-0.1, -0.05) is 0 Å². The van der Waals surface area contributed by atoms with Crippen molar-refractivity contribution in [2.24, 2.45) is 0 Å². The minimum absolute atomic E-state index is 0.190. The first kappa shape index (κ1) is 12.8. The Balaban J connectivity index is 3.16. The number of hydrogen-bond acceptors (Lipinski definition) is 4.